The maximum atomic E-state index is 12.6. The van der Waals surface area contributed by atoms with Crippen LogP contribution in [0.4, 0.5) is 0 Å². The van der Waals surface area contributed by atoms with Gasteiger partial charge in [-0.2, -0.15) is 10.4 Å². The molecule has 0 fully saturated rings. The molecule has 2 N–H and O–H groups in total. The quantitative estimate of drug-likeness (QED) is 0.430. The summed E-state index contributed by atoms with van der Waals surface area (Å²) < 4.78 is 2.92. The van der Waals surface area contributed by atoms with Crippen LogP contribution in [-0.4, -0.2) is 21.3 Å². The number of rotatable bonds is 2. The summed E-state index contributed by atoms with van der Waals surface area (Å²) in [5.41, 5.74) is 5.66. The fraction of sp³-hybridized carbons (Fsp3) is 0.160. The Kier molecular flexibility index (Phi) is 4.25. The fourth-order valence-electron chi connectivity index (χ4n) is 4.71. The van der Waals surface area contributed by atoms with Crippen LogP contribution < -0.4 is 10.9 Å². The average molecular weight is 438 g/mol. The Morgan fingerprint density at radius 2 is 2.03 bits per heavy atom. The molecule has 3 aromatic heterocycles. The number of fused-ring (bicyclic) bond motifs is 4. The van der Waals surface area contributed by atoms with Crippen molar-refractivity contribution in [1.82, 2.24) is 20.1 Å². The van der Waals surface area contributed by atoms with Gasteiger partial charge in [0, 0.05) is 40.3 Å². The Morgan fingerprint density at radius 3 is 2.91 bits per heavy atom. The van der Waals surface area contributed by atoms with Crippen LogP contribution in [0.15, 0.2) is 53.5 Å². The van der Waals surface area contributed by atoms with Crippen molar-refractivity contribution in [3.8, 4) is 27.8 Å². The van der Waals surface area contributed by atoms with Gasteiger partial charge in [0.2, 0.25) is 0 Å². The molecule has 0 radical (unpaired) electrons. The van der Waals surface area contributed by atoms with Gasteiger partial charge in [-0.15, -0.1) is 11.3 Å². The van der Waals surface area contributed by atoms with Gasteiger partial charge >= 0.3 is 0 Å². The molecule has 7 heteroatoms. The van der Waals surface area contributed by atoms with Crippen molar-refractivity contribution in [1.29, 1.82) is 5.26 Å². The van der Waals surface area contributed by atoms with Gasteiger partial charge in [0.1, 0.15) is 6.07 Å². The number of pyridine rings is 1. The van der Waals surface area contributed by atoms with E-state index in [4.69, 9.17) is 0 Å². The van der Waals surface area contributed by atoms with E-state index in [0.29, 0.717) is 17.5 Å². The number of nitriles is 1. The van der Waals surface area contributed by atoms with Gasteiger partial charge in [0.15, 0.2) is 0 Å². The van der Waals surface area contributed by atoms with Gasteiger partial charge in [-0.1, -0.05) is 24.3 Å². The van der Waals surface area contributed by atoms with Crippen LogP contribution in [0.3, 0.4) is 0 Å². The first kappa shape index (κ1) is 19.0. The summed E-state index contributed by atoms with van der Waals surface area (Å²) in [5.74, 6) is 0. The predicted molar refractivity (Wildman–Crippen MR) is 128 cm³/mol. The van der Waals surface area contributed by atoms with E-state index in [1.54, 1.807) is 11.3 Å². The molecule has 6 rings (SSSR count). The number of hydrogen-bond donors (Lipinski definition) is 2. The molecule has 1 aliphatic heterocycles. The van der Waals surface area contributed by atoms with Crippen molar-refractivity contribution < 1.29 is 0 Å². The molecule has 0 aliphatic carbocycles. The Balaban J connectivity index is 1.61. The second-order valence-corrected chi connectivity index (χ2v) is 9.10. The fourth-order valence-corrected chi connectivity index (χ4v) is 5.95. The topological polar surface area (TPSA) is 86.5 Å². The number of aromatic amines is 1. The minimum Gasteiger partial charge on any atom is -0.324 e. The van der Waals surface area contributed by atoms with Gasteiger partial charge in [-0.05, 0) is 47.7 Å². The summed E-state index contributed by atoms with van der Waals surface area (Å²) in [4.78, 5) is 16.6. The minimum absolute atomic E-state index is 0.0586. The summed E-state index contributed by atoms with van der Waals surface area (Å²) >= 11 is 1.61. The number of nitrogens with one attached hydrogen (secondary N) is 2. The molecule has 0 unspecified atom stereocenters. The Labute approximate surface area is 187 Å². The van der Waals surface area contributed by atoms with E-state index < -0.39 is 0 Å². The van der Waals surface area contributed by atoms with Crippen molar-refractivity contribution in [2.75, 3.05) is 6.54 Å². The highest BCUT2D eigenvalue weighted by atomic mass is 32.1. The second kappa shape index (κ2) is 7.16. The SMILES string of the molecule is Cn1ncc(-c2ccc3c(=O)[nH]c4c(c3c2)CCNC4)c1-c1sc2ccccc2c1C#N. The second-order valence-electron chi connectivity index (χ2n) is 8.04. The van der Waals surface area contributed by atoms with E-state index in [2.05, 4.69) is 27.5 Å². The van der Waals surface area contributed by atoms with Crippen LogP contribution in [0, 0.1) is 11.3 Å². The number of benzene rings is 2. The Bertz CT molecular complexity index is 1630. The molecule has 5 aromatic rings. The number of H-pyrrole nitrogens is 1. The molecule has 32 heavy (non-hydrogen) atoms. The van der Waals surface area contributed by atoms with Crippen LogP contribution in [0.5, 0.6) is 0 Å². The summed E-state index contributed by atoms with van der Waals surface area (Å²) in [5, 5.41) is 20.5. The molecule has 2 aromatic carbocycles. The van der Waals surface area contributed by atoms with E-state index >= 15 is 0 Å². The molecular weight excluding hydrogens is 418 g/mol. The van der Waals surface area contributed by atoms with Crippen LogP contribution in [-0.2, 0) is 20.0 Å². The predicted octanol–water partition coefficient (Wildman–Crippen LogP) is 4.33. The molecule has 1 aliphatic rings. The highest BCUT2D eigenvalue weighted by Gasteiger charge is 2.22. The lowest BCUT2D eigenvalue weighted by Gasteiger charge is -2.19. The van der Waals surface area contributed by atoms with Gasteiger partial charge < -0.3 is 10.3 Å². The molecule has 0 amide bonds. The maximum absolute atomic E-state index is 12.6. The van der Waals surface area contributed by atoms with Gasteiger partial charge in [0.05, 0.1) is 22.3 Å². The first-order chi connectivity index (χ1) is 15.7. The van der Waals surface area contributed by atoms with E-state index in [9.17, 15) is 10.1 Å². The lowest BCUT2D eigenvalue weighted by molar-refractivity contribution is 0.629. The summed E-state index contributed by atoms with van der Waals surface area (Å²) in [6, 6.07) is 16.4. The third-order valence-corrected chi connectivity index (χ3v) is 7.42. The molecular formula is C25H19N5OS. The van der Waals surface area contributed by atoms with Crippen molar-refractivity contribution in [3.63, 3.8) is 0 Å². The third kappa shape index (κ3) is 2.74. The highest BCUT2D eigenvalue weighted by molar-refractivity contribution is 7.22. The zero-order valence-electron chi connectivity index (χ0n) is 17.4. The Morgan fingerprint density at radius 1 is 1.16 bits per heavy atom. The molecule has 4 heterocycles. The van der Waals surface area contributed by atoms with Crippen LogP contribution in [0.1, 0.15) is 16.8 Å². The third-order valence-electron chi connectivity index (χ3n) is 6.24. The number of aromatic nitrogens is 3. The number of thiophene rings is 1. The highest BCUT2D eigenvalue weighted by Crippen LogP contribution is 2.42. The lowest BCUT2D eigenvalue weighted by atomic mass is 9.95. The number of nitrogens with zero attached hydrogens (tertiary/aromatic N) is 3. The standard InChI is InChI=1S/C25H19N5OS/c1-30-23(24-19(11-26)16-4-2-3-5-22(16)32-24)20(12-28-30)14-6-7-17-18(10-14)15-8-9-27-13-21(15)29-25(17)31/h2-7,10,12,27H,8-9,13H2,1H3,(H,29,31). The molecule has 6 nitrogen and oxygen atoms in total. The number of aryl methyl sites for hydroxylation is 1. The zero-order valence-corrected chi connectivity index (χ0v) is 18.2. The maximum Gasteiger partial charge on any atom is 0.256 e. The number of hydrogen-bond acceptors (Lipinski definition) is 5. The van der Waals surface area contributed by atoms with Crippen molar-refractivity contribution in [2.24, 2.45) is 7.05 Å². The smallest absolute Gasteiger partial charge is 0.256 e. The normalized spacial score (nSPS) is 13.4. The summed E-state index contributed by atoms with van der Waals surface area (Å²) in [6.45, 7) is 1.57. The van der Waals surface area contributed by atoms with E-state index in [0.717, 1.165) is 55.8 Å². The first-order valence-corrected chi connectivity index (χ1v) is 11.3. The average Bonchev–Trinajstić information content (AvgIpc) is 3.38. The van der Waals surface area contributed by atoms with Crippen LogP contribution in [0.25, 0.3) is 42.6 Å². The van der Waals surface area contributed by atoms with Crippen molar-refractivity contribution in [2.45, 2.75) is 13.0 Å². The van der Waals surface area contributed by atoms with Crippen LogP contribution in [0.2, 0.25) is 0 Å². The van der Waals surface area contributed by atoms with E-state index in [-0.39, 0.29) is 5.56 Å². The monoisotopic (exact) mass is 437 g/mol. The van der Waals surface area contributed by atoms with Crippen LogP contribution >= 0.6 is 11.3 Å². The first-order valence-electron chi connectivity index (χ1n) is 10.5. The molecule has 0 saturated heterocycles. The zero-order chi connectivity index (χ0) is 21.8. The van der Waals surface area contributed by atoms with Gasteiger partial charge in [-0.25, -0.2) is 0 Å². The summed E-state index contributed by atoms with van der Waals surface area (Å²) in [6.07, 6.45) is 2.73. The molecule has 0 saturated carbocycles. The molecule has 0 atom stereocenters. The molecule has 0 bridgehead atoms. The largest absolute Gasteiger partial charge is 0.324 e. The summed E-state index contributed by atoms with van der Waals surface area (Å²) in [7, 11) is 1.91. The molecule has 0 spiro atoms. The van der Waals surface area contributed by atoms with Gasteiger partial charge in [-0.3, -0.25) is 9.48 Å². The lowest BCUT2D eigenvalue weighted by Crippen LogP contribution is -2.27. The Hall–Kier alpha value is -3.73. The molecule has 156 valence electrons. The van der Waals surface area contributed by atoms with E-state index in [1.165, 1.54) is 5.56 Å². The van der Waals surface area contributed by atoms with E-state index in [1.807, 2.05) is 54.3 Å². The minimum atomic E-state index is -0.0586. The van der Waals surface area contributed by atoms with Gasteiger partial charge in [0.25, 0.3) is 5.56 Å². The van der Waals surface area contributed by atoms with Crippen molar-refractivity contribution in [3.05, 3.63) is 75.8 Å². The van der Waals surface area contributed by atoms with Crippen molar-refractivity contribution >= 4 is 32.2 Å².